The van der Waals surface area contributed by atoms with Gasteiger partial charge in [0.15, 0.2) is 0 Å². The van der Waals surface area contributed by atoms with Gasteiger partial charge >= 0.3 is 0 Å². The number of nitrogens with zero attached hydrogens (tertiary/aromatic N) is 3. The molecular weight excluding hydrogens is 475 g/mol. The van der Waals surface area contributed by atoms with Crippen molar-refractivity contribution in [2.75, 3.05) is 5.32 Å². The smallest absolute Gasteiger partial charge is 0.293 e. The van der Waals surface area contributed by atoms with Crippen LogP contribution < -0.4 is 5.32 Å². The van der Waals surface area contributed by atoms with Crippen molar-refractivity contribution < 1.29 is 22.5 Å². The summed E-state index contributed by atoms with van der Waals surface area (Å²) in [6.07, 6.45) is 0.882. The fraction of sp³-hybridized carbons (Fsp3) is 0.143. The van der Waals surface area contributed by atoms with Crippen molar-refractivity contribution >= 4 is 33.5 Å². The Labute approximate surface area is 209 Å². The van der Waals surface area contributed by atoms with Gasteiger partial charge in [0.2, 0.25) is 23.4 Å². The molecule has 0 unspecified atom stereocenters. The molecule has 9 heteroatoms. The fourth-order valence-corrected chi connectivity index (χ4v) is 4.37. The van der Waals surface area contributed by atoms with Gasteiger partial charge in [0.1, 0.15) is 17.3 Å². The van der Waals surface area contributed by atoms with Gasteiger partial charge in [0.05, 0.1) is 12.1 Å². The van der Waals surface area contributed by atoms with Gasteiger partial charge in [0, 0.05) is 27.6 Å². The van der Waals surface area contributed by atoms with Crippen LogP contribution in [0.3, 0.4) is 0 Å². The number of oxazole rings is 1. The molecule has 0 bridgehead atoms. The monoisotopic (exact) mass is 494 g/mol. The van der Waals surface area contributed by atoms with Crippen LogP contribution in [-0.2, 0) is 0 Å². The number of fused-ring (bicyclic) bond motifs is 3. The Hall–Kier alpha value is -4.79. The van der Waals surface area contributed by atoms with Gasteiger partial charge in [-0.3, -0.25) is 4.79 Å². The summed E-state index contributed by atoms with van der Waals surface area (Å²) in [5.74, 6) is 0.272. The molecule has 1 aliphatic carbocycles. The minimum Gasteiger partial charge on any atom is -0.456 e. The van der Waals surface area contributed by atoms with Crippen LogP contribution in [0.15, 0.2) is 80.2 Å². The summed E-state index contributed by atoms with van der Waals surface area (Å²) in [5, 5.41) is 8.77. The summed E-state index contributed by atoms with van der Waals surface area (Å²) in [7, 11) is 0. The van der Waals surface area contributed by atoms with E-state index in [2.05, 4.69) is 20.4 Å². The maximum absolute atomic E-state index is 13.3. The lowest BCUT2D eigenvalue weighted by Gasteiger charge is -2.08. The number of nitrogens with one attached hydrogen (secondary N) is 1. The summed E-state index contributed by atoms with van der Waals surface area (Å²) >= 11 is 0. The highest BCUT2D eigenvalue weighted by atomic mass is 19.1. The van der Waals surface area contributed by atoms with E-state index in [1.807, 2.05) is 61.5 Å². The molecule has 8 nitrogen and oxygen atoms in total. The van der Waals surface area contributed by atoms with Gasteiger partial charge in [-0.2, -0.15) is 4.98 Å². The molecule has 1 fully saturated rings. The number of hydrogen-bond acceptors (Lipinski definition) is 7. The summed E-state index contributed by atoms with van der Waals surface area (Å²) < 4.78 is 30.2. The SMILES string of the molecule is Cc1ccc(-c2noc([C@H]3C[C@@H]3F)n2)cc1NC(=O)c1cnc(-c2ccc3oc4ccccc4c3c2)o1. The highest BCUT2D eigenvalue weighted by Crippen LogP contribution is 2.43. The van der Waals surface area contributed by atoms with E-state index < -0.39 is 12.1 Å². The Morgan fingerprint density at radius 3 is 2.68 bits per heavy atom. The Balaban J connectivity index is 1.14. The van der Waals surface area contributed by atoms with Crippen LogP contribution in [0.2, 0.25) is 0 Å². The van der Waals surface area contributed by atoms with E-state index in [-0.39, 0.29) is 11.7 Å². The molecule has 37 heavy (non-hydrogen) atoms. The van der Waals surface area contributed by atoms with Crippen molar-refractivity contribution in [1.29, 1.82) is 0 Å². The largest absolute Gasteiger partial charge is 0.456 e. The highest BCUT2D eigenvalue weighted by Gasteiger charge is 2.43. The fourth-order valence-electron chi connectivity index (χ4n) is 4.37. The van der Waals surface area contributed by atoms with Gasteiger partial charge in [0.25, 0.3) is 5.91 Å². The molecule has 1 saturated carbocycles. The summed E-state index contributed by atoms with van der Waals surface area (Å²) in [5.41, 5.74) is 4.34. The van der Waals surface area contributed by atoms with Crippen molar-refractivity contribution in [1.82, 2.24) is 15.1 Å². The molecule has 2 atom stereocenters. The predicted octanol–water partition coefficient (Wildman–Crippen LogP) is 6.68. The number of para-hydroxylation sites is 1. The summed E-state index contributed by atoms with van der Waals surface area (Å²) in [6.45, 7) is 1.87. The number of aryl methyl sites for hydroxylation is 1. The minimum absolute atomic E-state index is 0.0709. The first-order chi connectivity index (χ1) is 18.0. The second-order valence-corrected chi connectivity index (χ2v) is 9.14. The van der Waals surface area contributed by atoms with Crippen molar-refractivity contribution in [2.45, 2.75) is 25.4 Å². The molecule has 0 aliphatic heterocycles. The van der Waals surface area contributed by atoms with E-state index in [1.165, 1.54) is 6.20 Å². The molecule has 1 aliphatic rings. The van der Waals surface area contributed by atoms with E-state index in [4.69, 9.17) is 13.4 Å². The van der Waals surface area contributed by atoms with Gasteiger partial charge in [-0.05, 0) is 49.2 Å². The first-order valence-electron chi connectivity index (χ1n) is 11.8. The maximum atomic E-state index is 13.3. The Morgan fingerprint density at radius 2 is 1.81 bits per heavy atom. The lowest BCUT2D eigenvalue weighted by molar-refractivity contribution is 0.0997. The maximum Gasteiger partial charge on any atom is 0.293 e. The summed E-state index contributed by atoms with van der Waals surface area (Å²) in [4.78, 5) is 21.6. The molecule has 1 amide bonds. The third kappa shape index (κ3) is 3.76. The van der Waals surface area contributed by atoms with E-state index >= 15 is 0 Å². The topological polar surface area (TPSA) is 107 Å². The number of benzene rings is 3. The number of anilines is 1. The van der Waals surface area contributed by atoms with E-state index in [9.17, 15) is 9.18 Å². The molecule has 3 aromatic carbocycles. The zero-order valence-electron chi connectivity index (χ0n) is 19.6. The van der Waals surface area contributed by atoms with E-state index in [0.29, 0.717) is 35.3 Å². The number of alkyl halides is 1. The molecule has 3 heterocycles. The van der Waals surface area contributed by atoms with Crippen LogP contribution >= 0.6 is 0 Å². The molecule has 0 spiro atoms. The number of carbonyl (C=O) groups is 1. The zero-order chi connectivity index (χ0) is 25.1. The lowest BCUT2D eigenvalue weighted by Crippen LogP contribution is -2.12. The Bertz CT molecular complexity index is 1820. The van der Waals surface area contributed by atoms with Gasteiger partial charge < -0.3 is 18.7 Å². The van der Waals surface area contributed by atoms with Gasteiger partial charge in [-0.15, -0.1) is 0 Å². The average molecular weight is 494 g/mol. The third-order valence-corrected chi connectivity index (χ3v) is 6.57. The third-order valence-electron chi connectivity index (χ3n) is 6.57. The number of rotatable bonds is 5. The standard InChI is InChI=1S/C28H19FN4O4/c1-14-6-7-15(25-32-28(37-33-25)19-12-20(19)29)11-21(14)31-26(34)24-13-30-27(36-24)16-8-9-23-18(10-16)17-4-2-3-5-22(17)35-23/h2-11,13,19-20H,12H2,1H3,(H,31,34)/t19-,20-/m0/s1. The first kappa shape index (κ1) is 21.5. The van der Waals surface area contributed by atoms with Crippen molar-refractivity contribution in [3.63, 3.8) is 0 Å². The summed E-state index contributed by atoms with van der Waals surface area (Å²) in [6, 6.07) is 18.9. The van der Waals surface area contributed by atoms with Crippen LogP contribution in [-0.4, -0.2) is 27.2 Å². The molecule has 0 radical (unpaired) electrons. The van der Waals surface area contributed by atoms with E-state index in [0.717, 1.165) is 33.1 Å². The predicted molar refractivity (Wildman–Crippen MR) is 134 cm³/mol. The Morgan fingerprint density at radius 1 is 1.00 bits per heavy atom. The van der Waals surface area contributed by atoms with Crippen molar-refractivity contribution in [3.05, 3.63) is 84.1 Å². The molecule has 1 N–H and O–H groups in total. The molecule has 6 aromatic rings. The first-order valence-corrected chi connectivity index (χ1v) is 11.8. The van der Waals surface area contributed by atoms with Crippen LogP contribution in [0.4, 0.5) is 10.1 Å². The molecular formula is C28H19FN4O4. The second-order valence-electron chi connectivity index (χ2n) is 9.14. The molecule has 182 valence electrons. The number of amides is 1. The van der Waals surface area contributed by atoms with Crippen LogP contribution in [0.1, 0.15) is 34.3 Å². The number of aromatic nitrogens is 3. The van der Waals surface area contributed by atoms with Crippen LogP contribution in [0.25, 0.3) is 44.8 Å². The van der Waals surface area contributed by atoms with Crippen molar-refractivity contribution in [3.8, 4) is 22.8 Å². The molecule has 7 rings (SSSR count). The highest BCUT2D eigenvalue weighted by molar-refractivity contribution is 6.06. The number of halogens is 1. The number of furan rings is 1. The average Bonchev–Trinajstić information content (AvgIpc) is 3.34. The van der Waals surface area contributed by atoms with Crippen molar-refractivity contribution in [2.24, 2.45) is 0 Å². The number of carbonyl (C=O) groups excluding carboxylic acids is 1. The zero-order valence-corrected chi connectivity index (χ0v) is 19.6. The quantitative estimate of drug-likeness (QED) is 0.285. The van der Waals surface area contributed by atoms with Crippen LogP contribution in [0, 0.1) is 6.92 Å². The Kier molecular flexibility index (Phi) is 4.72. The molecule has 0 saturated heterocycles. The van der Waals surface area contributed by atoms with Gasteiger partial charge in [-0.1, -0.05) is 35.5 Å². The van der Waals surface area contributed by atoms with E-state index in [1.54, 1.807) is 6.07 Å². The second kappa shape index (κ2) is 8.12. The lowest BCUT2D eigenvalue weighted by atomic mass is 10.1. The van der Waals surface area contributed by atoms with Crippen LogP contribution in [0.5, 0.6) is 0 Å². The van der Waals surface area contributed by atoms with Gasteiger partial charge in [-0.25, -0.2) is 9.37 Å². The number of hydrogen-bond donors (Lipinski definition) is 1. The normalized spacial score (nSPS) is 16.9. The minimum atomic E-state index is -0.922. The molecule has 3 aromatic heterocycles.